The Morgan fingerprint density at radius 1 is 1.08 bits per heavy atom. The molecule has 11 heteroatoms. The van der Waals surface area contributed by atoms with Gasteiger partial charge < -0.3 is 30.3 Å². The zero-order valence-corrected chi connectivity index (χ0v) is 20.1. The number of halogens is 1. The first kappa shape index (κ1) is 25.0. The second-order valence-electron chi connectivity index (χ2n) is 7.69. The third kappa shape index (κ3) is 6.71. The minimum absolute atomic E-state index is 0.0309. The molecule has 4 rings (SSSR count). The van der Waals surface area contributed by atoms with Gasteiger partial charge in [-0.1, -0.05) is 30.3 Å². The lowest BCUT2D eigenvalue weighted by molar-refractivity contribution is -0.137. The Kier molecular flexibility index (Phi) is 8.32. The van der Waals surface area contributed by atoms with E-state index in [4.69, 9.17) is 21.1 Å². The fourth-order valence-electron chi connectivity index (χ4n) is 3.34. The van der Waals surface area contributed by atoms with Crippen molar-refractivity contribution in [1.29, 1.82) is 0 Å². The van der Waals surface area contributed by atoms with Gasteiger partial charge in [-0.15, -0.1) is 0 Å². The van der Waals surface area contributed by atoms with Gasteiger partial charge in [0.15, 0.2) is 12.4 Å². The highest BCUT2D eigenvalue weighted by molar-refractivity contribution is 6.33. The predicted molar refractivity (Wildman–Crippen MR) is 138 cm³/mol. The summed E-state index contributed by atoms with van der Waals surface area (Å²) in [6, 6.07) is 14.2. The number of rotatable bonds is 9. The quantitative estimate of drug-likeness (QED) is 0.371. The molecule has 0 atom stereocenters. The van der Waals surface area contributed by atoms with Crippen LogP contribution in [0.4, 0.5) is 28.8 Å². The first-order chi connectivity index (χ1) is 17.5. The van der Waals surface area contributed by atoms with E-state index in [1.807, 2.05) is 6.07 Å². The molecule has 10 nitrogen and oxygen atoms in total. The molecule has 186 valence electrons. The van der Waals surface area contributed by atoms with Crippen LogP contribution in [0, 0.1) is 0 Å². The first-order valence-electron chi connectivity index (χ1n) is 11.2. The van der Waals surface area contributed by atoms with Gasteiger partial charge in [0.05, 0.1) is 30.8 Å². The normalized spacial score (nSPS) is 13.0. The van der Waals surface area contributed by atoms with Crippen LogP contribution in [0.5, 0.6) is 5.75 Å². The van der Waals surface area contributed by atoms with Crippen LogP contribution in [-0.4, -0.2) is 59.6 Å². The van der Waals surface area contributed by atoms with E-state index in [1.54, 1.807) is 47.4 Å². The summed E-state index contributed by atoms with van der Waals surface area (Å²) in [4.78, 5) is 34.4. The number of carbonyl (C=O) groups is 2. The van der Waals surface area contributed by atoms with E-state index in [1.165, 1.54) is 12.3 Å². The van der Waals surface area contributed by atoms with Crippen LogP contribution >= 0.6 is 11.6 Å². The predicted octanol–water partition coefficient (Wildman–Crippen LogP) is 3.98. The largest absolute Gasteiger partial charge is 0.484 e. The van der Waals surface area contributed by atoms with Crippen molar-refractivity contribution in [2.24, 2.45) is 0 Å². The van der Waals surface area contributed by atoms with Crippen molar-refractivity contribution < 1.29 is 19.1 Å². The van der Waals surface area contributed by atoms with E-state index in [-0.39, 0.29) is 18.4 Å². The SMILES string of the molecule is C=CC(=O)Nc1ccccc1Nc1nc(Nc2ccc(OCC(=O)N3CCOCC3)cc2)ncc1Cl. The molecule has 0 bridgehead atoms. The van der Waals surface area contributed by atoms with Gasteiger partial charge >= 0.3 is 0 Å². The molecule has 1 aliphatic rings. The first-order valence-corrected chi connectivity index (χ1v) is 11.6. The van der Waals surface area contributed by atoms with Crippen molar-refractivity contribution in [3.8, 4) is 5.75 Å². The molecule has 36 heavy (non-hydrogen) atoms. The van der Waals surface area contributed by atoms with E-state index in [0.29, 0.717) is 65.9 Å². The second-order valence-corrected chi connectivity index (χ2v) is 8.09. The minimum Gasteiger partial charge on any atom is -0.484 e. The van der Waals surface area contributed by atoms with Crippen LogP contribution in [-0.2, 0) is 14.3 Å². The summed E-state index contributed by atoms with van der Waals surface area (Å²) in [5.74, 6) is 0.834. The van der Waals surface area contributed by atoms with Crippen molar-refractivity contribution in [2.75, 3.05) is 48.9 Å². The number of nitrogens with one attached hydrogen (secondary N) is 3. The van der Waals surface area contributed by atoms with Crippen LogP contribution < -0.4 is 20.7 Å². The van der Waals surface area contributed by atoms with E-state index >= 15 is 0 Å². The number of anilines is 5. The van der Waals surface area contributed by atoms with Crippen LogP contribution in [0.15, 0.2) is 67.4 Å². The second kappa shape index (κ2) is 12.0. The van der Waals surface area contributed by atoms with Crippen molar-refractivity contribution in [3.05, 3.63) is 72.4 Å². The molecule has 3 aromatic rings. The fourth-order valence-corrected chi connectivity index (χ4v) is 3.48. The molecule has 2 aromatic carbocycles. The van der Waals surface area contributed by atoms with Crippen molar-refractivity contribution in [2.45, 2.75) is 0 Å². The van der Waals surface area contributed by atoms with Gasteiger partial charge in [-0.05, 0) is 42.5 Å². The highest BCUT2D eigenvalue weighted by Crippen LogP contribution is 2.29. The third-order valence-electron chi connectivity index (χ3n) is 5.20. The number of aromatic nitrogens is 2. The Bertz CT molecular complexity index is 1230. The summed E-state index contributed by atoms with van der Waals surface area (Å²) in [5, 5.41) is 9.27. The molecule has 0 radical (unpaired) electrons. The Hall–Kier alpha value is -4.15. The van der Waals surface area contributed by atoms with Crippen LogP contribution in [0.25, 0.3) is 0 Å². The Morgan fingerprint density at radius 2 is 1.81 bits per heavy atom. The lowest BCUT2D eigenvalue weighted by Gasteiger charge is -2.26. The summed E-state index contributed by atoms with van der Waals surface area (Å²) in [6.45, 7) is 5.70. The summed E-state index contributed by atoms with van der Waals surface area (Å²) >= 11 is 6.30. The van der Waals surface area contributed by atoms with Crippen molar-refractivity contribution in [1.82, 2.24) is 14.9 Å². The smallest absolute Gasteiger partial charge is 0.260 e. The number of morpholine rings is 1. The molecular formula is C25H25ClN6O4. The maximum Gasteiger partial charge on any atom is 0.260 e. The molecule has 2 heterocycles. The Balaban J connectivity index is 1.38. The van der Waals surface area contributed by atoms with Crippen LogP contribution in [0.2, 0.25) is 5.02 Å². The minimum atomic E-state index is -0.335. The van der Waals surface area contributed by atoms with Gasteiger partial charge in [0.2, 0.25) is 11.9 Å². The zero-order chi connectivity index (χ0) is 25.3. The molecule has 0 unspecified atom stereocenters. The Morgan fingerprint density at radius 3 is 2.53 bits per heavy atom. The number of amides is 2. The van der Waals surface area contributed by atoms with Crippen molar-refractivity contribution in [3.63, 3.8) is 0 Å². The van der Waals surface area contributed by atoms with Gasteiger partial charge in [0.25, 0.3) is 5.91 Å². The van der Waals surface area contributed by atoms with Gasteiger partial charge in [-0.25, -0.2) is 4.98 Å². The molecule has 1 aromatic heterocycles. The number of benzene rings is 2. The van der Waals surface area contributed by atoms with E-state index < -0.39 is 0 Å². The van der Waals surface area contributed by atoms with Crippen molar-refractivity contribution >= 4 is 52.2 Å². The zero-order valence-electron chi connectivity index (χ0n) is 19.4. The van der Waals surface area contributed by atoms with Gasteiger partial charge in [0.1, 0.15) is 10.8 Å². The van der Waals surface area contributed by atoms with Gasteiger partial charge in [-0.3, -0.25) is 9.59 Å². The molecule has 1 saturated heterocycles. The highest BCUT2D eigenvalue weighted by atomic mass is 35.5. The van der Waals surface area contributed by atoms with Gasteiger partial charge in [-0.2, -0.15) is 4.98 Å². The van der Waals surface area contributed by atoms with Crippen LogP contribution in [0.1, 0.15) is 0 Å². The fraction of sp³-hybridized carbons (Fsp3) is 0.200. The molecule has 0 aliphatic carbocycles. The lowest BCUT2D eigenvalue weighted by Crippen LogP contribution is -2.42. The number of hydrogen-bond donors (Lipinski definition) is 3. The summed E-state index contributed by atoms with van der Waals surface area (Å²) in [6.07, 6.45) is 2.66. The number of hydrogen-bond acceptors (Lipinski definition) is 8. The number of nitrogens with zero attached hydrogens (tertiary/aromatic N) is 3. The van der Waals surface area contributed by atoms with Crippen LogP contribution in [0.3, 0.4) is 0 Å². The molecular weight excluding hydrogens is 484 g/mol. The maximum absolute atomic E-state index is 12.2. The molecule has 2 amide bonds. The molecule has 3 N–H and O–H groups in total. The lowest BCUT2D eigenvalue weighted by atomic mass is 10.2. The van der Waals surface area contributed by atoms with E-state index in [9.17, 15) is 9.59 Å². The summed E-state index contributed by atoms with van der Waals surface area (Å²) in [7, 11) is 0. The Labute approximate surface area is 213 Å². The number of para-hydroxylation sites is 2. The average molecular weight is 509 g/mol. The standard InChI is InChI=1S/C25H25ClN6O4/c1-2-22(33)29-20-5-3-4-6-21(20)30-24-19(26)15-27-25(31-24)28-17-7-9-18(10-8-17)36-16-23(34)32-11-13-35-14-12-32/h2-10,15H,1,11-14,16H2,(H,29,33)(H2,27,28,30,31). The molecule has 0 saturated carbocycles. The third-order valence-corrected chi connectivity index (χ3v) is 5.48. The van der Waals surface area contributed by atoms with E-state index in [0.717, 1.165) is 0 Å². The summed E-state index contributed by atoms with van der Waals surface area (Å²) < 4.78 is 10.9. The maximum atomic E-state index is 12.2. The monoisotopic (exact) mass is 508 g/mol. The average Bonchev–Trinajstić information content (AvgIpc) is 2.91. The number of carbonyl (C=O) groups excluding carboxylic acids is 2. The van der Waals surface area contributed by atoms with Gasteiger partial charge in [0, 0.05) is 18.8 Å². The molecule has 1 aliphatic heterocycles. The van der Waals surface area contributed by atoms with E-state index in [2.05, 4.69) is 32.5 Å². The topological polar surface area (TPSA) is 118 Å². The molecule has 0 spiro atoms. The number of ether oxygens (including phenoxy) is 2. The highest BCUT2D eigenvalue weighted by Gasteiger charge is 2.17. The summed E-state index contributed by atoms with van der Waals surface area (Å²) in [5.41, 5.74) is 1.87. The molecule has 1 fully saturated rings.